The standard InChI is InChI=1S/C12H10N2O4S/c1-13-10(16)11(17)14(12(13)18)7-9-5-4-8(19-9)3-2-6-15/h4-5,15H,6-7H2,1H3. The van der Waals surface area contributed by atoms with E-state index < -0.39 is 17.8 Å². The molecule has 1 N–H and O–H groups in total. The Morgan fingerprint density at radius 2 is 2.00 bits per heavy atom. The Morgan fingerprint density at radius 3 is 2.58 bits per heavy atom. The predicted octanol–water partition coefficient (Wildman–Crippen LogP) is 0.0125. The SMILES string of the molecule is CN1C(=O)C(=O)N(Cc2ccc(C#CCO)s2)C1=O. The first-order chi connectivity index (χ1) is 9.04. The second kappa shape index (κ2) is 5.22. The fourth-order valence-electron chi connectivity index (χ4n) is 1.57. The highest BCUT2D eigenvalue weighted by molar-refractivity contribution is 7.12. The summed E-state index contributed by atoms with van der Waals surface area (Å²) in [5.74, 6) is 3.61. The topological polar surface area (TPSA) is 77.9 Å². The molecular formula is C12H10N2O4S. The lowest BCUT2D eigenvalue weighted by Crippen LogP contribution is -2.30. The molecule has 2 heterocycles. The number of carbonyl (C=O) groups is 3. The minimum atomic E-state index is -0.818. The van der Waals surface area contributed by atoms with Crippen LogP contribution in [0.5, 0.6) is 0 Å². The van der Waals surface area contributed by atoms with Crippen LogP contribution in [0, 0.1) is 11.8 Å². The predicted molar refractivity (Wildman–Crippen MR) is 67.0 cm³/mol. The molecule has 0 unspecified atom stereocenters. The molecule has 1 aliphatic rings. The minimum absolute atomic E-state index is 0.0548. The van der Waals surface area contributed by atoms with E-state index in [1.54, 1.807) is 12.1 Å². The van der Waals surface area contributed by atoms with Crippen molar-refractivity contribution in [2.75, 3.05) is 13.7 Å². The van der Waals surface area contributed by atoms with Gasteiger partial charge in [-0.15, -0.1) is 11.3 Å². The van der Waals surface area contributed by atoms with Crippen LogP contribution in [0.1, 0.15) is 9.75 Å². The van der Waals surface area contributed by atoms with Crippen LogP contribution >= 0.6 is 11.3 Å². The Bertz CT molecular complexity index is 611. The summed E-state index contributed by atoms with van der Waals surface area (Å²) in [6.07, 6.45) is 0. The van der Waals surface area contributed by atoms with E-state index in [2.05, 4.69) is 11.8 Å². The fourth-order valence-corrected chi connectivity index (χ4v) is 2.44. The van der Waals surface area contributed by atoms with Crippen LogP contribution in [-0.4, -0.2) is 46.4 Å². The summed E-state index contributed by atoms with van der Waals surface area (Å²) in [5.41, 5.74) is 0. The Hall–Kier alpha value is -2.17. The van der Waals surface area contributed by atoms with Gasteiger partial charge in [-0.05, 0) is 12.1 Å². The third kappa shape index (κ3) is 2.50. The normalized spacial score (nSPS) is 14.9. The number of rotatable bonds is 2. The highest BCUT2D eigenvalue weighted by Gasteiger charge is 2.42. The molecule has 0 aliphatic carbocycles. The van der Waals surface area contributed by atoms with E-state index in [9.17, 15) is 14.4 Å². The second-order valence-corrected chi connectivity index (χ2v) is 4.93. The fraction of sp³-hybridized carbons (Fsp3) is 0.250. The van der Waals surface area contributed by atoms with Gasteiger partial charge in [-0.1, -0.05) is 11.8 Å². The molecule has 1 saturated heterocycles. The molecule has 1 aliphatic heterocycles. The number of nitrogens with zero attached hydrogens (tertiary/aromatic N) is 2. The number of thiophene rings is 1. The molecule has 0 saturated carbocycles. The number of carbonyl (C=O) groups excluding carboxylic acids is 3. The van der Waals surface area contributed by atoms with Crippen molar-refractivity contribution in [2.24, 2.45) is 0 Å². The van der Waals surface area contributed by atoms with Crippen LogP contribution in [0.4, 0.5) is 4.79 Å². The molecule has 6 nitrogen and oxygen atoms in total. The molecule has 1 aromatic rings. The van der Waals surface area contributed by atoms with E-state index in [1.165, 1.54) is 18.4 Å². The van der Waals surface area contributed by atoms with Crippen molar-refractivity contribution in [3.05, 3.63) is 21.9 Å². The Labute approximate surface area is 113 Å². The molecule has 0 atom stereocenters. The molecule has 19 heavy (non-hydrogen) atoms. The Balaban J connectivity index is 2.13. The van der Waals surface area contributed by atoms with Crippen molar-refractivity contribution < 1.29 is 19.5 Å². The zero-order chi connectivity index (χ0) is 14.0. The molecular weight excluding hydrogens is 268 g/mol. The third-order valence-electron chi connectivity index (χ3n) is 2.52. The number of amides is 4. The Kier molecular flexibility index (Phi) is 3.64. The molecule has 0 aromatic carbocycles. The van der Waals surface area contributed by atoms with Crippen LogP contribution in [0.2, 0.25) is 0 Å². The van der Waals surface area contributed by atoms with Crippen LogP contribution in [0.25, 0.3) is 0 Å². The van der Waals surface area contributed by atoms with Crippen LogP contribution < -0.4 is 0 Å². The van der Waals surface area contributed by atoms with Gasteiger partial charge >= 0.3 is 17.8 Å². The zero-order valence-electron chi connectivity index (χ0n) is 10.0. The summed E-state index contributed by atoms with van der Waals surface area (Å²) in [4.78, 5) is 37.7. The summed E-state index contributed by atoms with van der Waals surface area (Å²) in [6, 6.07) is 2.85. The Morgan fingerprint density at radius 1 is 1.26 bits per heavy atom. The number of likely N-dealkylation sites (N-methyl/N-ethyl adjacent to an activating group) is 1. The van der Waals surface area contributed by atoms with Gasteiger partial charge in [0.25, 0.3) is 0 Å². The molecule has 98 valence electrons. The summed E-state index contributed by atoms with van der Waals surface area (Å²) in [5, 5.41) is 8.58. The first-order valence-electron chi connectivity index (χ1n) is 5.36. The van der Waals surface area contributed by atoms with Crippen molar-refractivity contribution in [1.82, 2.24) is 9.80 Å². The van der Waals surface area contributed by atoms with E-state index in [0.717, 1.165) is 19.6 Å². The largest absolute Gasteiger partial charge is 0.384 e. The highest BCUT2D eigenvalue weighted by atomic mass is 32.1. The van der Waals surface area contributed by atoms with Crippen molar-refractivity contribution in [3.8, 4) is 11.8 Å². The average Bonchev–Trinajstić information content (AvgIpc) is 2.92. The molecule has 1 aromatic heterocycles. The van der Waals surface area contributed by atoms with E-state index in [1.807, 2.05) is 0 Å². The van der Waals surface area contributed by atoms with E-state index >= 15 is 0 Å². The van der Waals surface area contributed by atoms with Crippen molar-refractivity contribution in [1.29, 1.82) is 0 Å². The molecule has 4 amide bonds. The maximum atomic E-state index is 11.7. The number of aliphatic hydroxyl groups is 1. The first-order valence-corrected chi connectivity index (χ1v) is 6.18. The van der Waals surface area contributed by atoms with Crippen molar-refractivity contribution in [3.63, 3.8) is 0 Å². The van der Waals surface area contributed by atoms with Crippen LogP contribution in [-0.2, 0) is 16.1 Å². The zero-order valence-corrected chi connectivity index (χ0v) is 10.9. The molecule has 0 spiro atoms. The van der Waals surface area contributed by atoms with Gasteiger partial charge in [0.2, 0.25) is 0 Å². The lowest BCUT2D eigenvalue weighted by Gasteiger charge is -2.10. The summed E-state index contributed by atoms with van der Waals surface area (Å²) >= 11 is 1.31. The summed E-state index contributed by atoms with van der Waals surface area (Å²) < 4.78 is 0. The number of imide groups is 2. The number of aliphatic hydroxyl groups excluding tert-OH is 1. The number of hydrogen-bond donors (Lipinski definition) is 1. The van der Waals surface area contributed by atoms with Crippen molar-refractivity contribution >= 4 is 29.2 Å². The third-order valence-corrected chi connectivity index (χ3v) is 3.50. The monoisotopic (exact) mass is 278 g/mol. The van der Waals surface area contributed by atoms with E-state index in [0.29, 0.717) is 0 Å². The molecule has 1 fully saturated rings. The van der Waals surface area contributed by atoms with E-state index in [4.69, 9.17) is 5.11 Å². The van der Waals surface area contributed by atoms with E-state index in [-0.39, 0.29) is 13.2 Å². The lowest BCUT2D eigenvalue weighted by atomic mass is 10.4. The van der Waals surface area contributed by atoms with Gasteiger partial charge in [0, 0.05) is 11.9 Å². The molecule has 7 heteroatoms. The average molecular weight is 278 g/mol. The van der Waals surface area contributed by atoms with Gasteiger partial charge in [0.05, 0.1) is 11.4 Å². The molecule has 2 rings (SSSR count). The van der Waals surface area contributed by atoms with Gasteiger partial charge in [-0.2, -0.15) is 0 Å². The van der Waals surface area contributed by atoms with Crippen LogP contribution in [0.3, 0.4) is 0 Å². The van der Waals surface area contributed by atoms with Gasteiger partial charge < -0.3 is 5.11 Å². The number of hydrogen-bond acceptors (Lipinski definition) is 5. The van der Waals surface area contributed by atoms with Gasteiger partial charge in [-0.25, -0.2) is 4.79 Å². The van der Waals surface area contributed by atoms with Gasteiger partial charge in [0.1, 0.15) is 6.61 Å². The quantitative estimate of drug-likeness (QED) is 0.470. The summed E-state index contributed by atoms with van der Waals surface area (Å²) in [6.45, 7) is -0.172. The minimum Gasteiger partial charge on any atom is -0.384 e. The first kappa shape index (κ1) is 13.3. The molecule has 0 bridgehead atoms. The maximum Gasteiger partial charge on any atom is 0.334 e. The highest BCUT2D eigenvalue weighted by Crippen LogP contribution is 2.20. The second-order valence-electron chi connectivity index (χ2n) is 3.76. The number of urea groups is 1. The molecule has 0 radical (unpaired) electrons. The maximum absolute atomic E-state index is 11.7. The smallest absolute Gasteiger partial charge is 0.334 e. The van der Waals surface area contributed by atoms with Crippen LogP contribution in [0.15, 0.2) is 12.1 Å². The lowest BCUT2D eigenvalue weighted by molar-refractivity contribution is -0.143. The van der Waals surface area contributed by atoms with Crippen molar-refractivity contribution in [2.45, 2.75) is 6.54 Å². The summed E-state index contributed by atoms with van der Waals surface area (Å²) in [7, 11) is 1.27. The van der Waals surface area contributed by atoms with Gasteiger partial charge in [-0.3, -0.25) is 19.4 Å². The van der Waals surface area contributed by atoms with Gasteiger partial charge in [0.15, 0.2) is 0 Å².